The Labute approximate surface area is 79.5 Å². The van der Waals surface area contributed by atoms with Crippen LogP contribution in [-0.4, -0.2) is 42.0 Å². The van der Waals surface area contributed by atoms with Crippen molar-refractivity contribution in [1.29, 1.82) is 0 Å². The van der Waals surface area contributed by atoms with Crippen LogP contribution in [0.25, 0.3) is 0 Å². The van der Waals surface area contributed by atoms with Crippen molar-refractivity contribution in [2.45, 2.75) is 32.4 Å². The SMILES string of the molecule is CCN1C(CN)C(=O)NCC1(C)C. The van der Waals surface area contributed by atoms with Crippen LogP contribution >= 0.6 is 0 Å². The summed E-state index contributed by atoms with van der Waals surface area (Å²) in [6, 6.07) is -0.159. The molecule has 0 saturated carbocycles. The molecule has 0 aromatic heterocycles. The van der Waals surface area contributed by atoms with Crippen molar-refractivity contribution in [1.82, 2.24) is 10.2 Å². The minimum absolute atomic E-state index is 0.0205. The quantitative estimate of drug-likeness (QED) is 0.612. The maximum Gasteiger partial charge on any atom is 0.238 e. The number of nitrogens with zero attached hydrogens (tertiary/aromatic N) is 1. The van der Waals surface area contributed by atoms with E-state index in [4.69, 9.17) is 5.73 Å². The molecule has 1 aliphatic heterocycles. The number of nitrogens with two attached hydrogens (primary N) is 1. The molecule has 0 spiro atoms. The smallest absolute Gasteiger partial charge is 0.238 e. The van der Waals surface area contributed by atoms with Crippen LogP contribution in [0.4, 0.5) is 0 Å². The number of rotatable bonds is 2. The van der Waals surface area contributed by atoms with Gasteiger partial charge in [0.05, 0.1) is 0 Å². The molecule has 4 heteroatoms. The molecular formula is C9H19N3O. The third-order valence-corrected chi connectivity index (χ3v) is 2.72. The Morgan fingerprint density at radius 1 is 1.69 bits per heavy atom. The van der Waals surface area contributed by atoms with Gasteiger partial charge in [-0.25, -0.2) is 0 Å². The summed E-state index contributed by atoms with van der Waals surface area (Å²) in [5.74, 6) is 0.0590. The van der Waals surface area contributed by atoms with Crippen molar-refractivity contribution >= 4 is 5.91 Å². The van der Waals surface area contributed by atoms with E-state index in [-0.39, 0.29) is 17.5 Å². The lowest BCUT2D eigenvalue weighted by molar-refractivity contribution is -0.133. The van der Waals surface area contributed by atoms with Crippen LogP contribution in [0.15, 0.2) is 0 Å². The van der Waals surface area contributed by atoms with Crippen molar-refractivity contribution < 1.29 is 4.79 Å². The monoisotopic (exact) mass is 185 g/mol. The number of carbonyl (C=O) groups is 1. The number of hydrogen-bond acceptors (Lipinski definition) is 3. The van der Waals surface area contributed by atoms with Gasteiger partial charge in [-0.2, -0.15) is 0 Å². The average Bonchev–Trinajstić information content (AvgIpc) is 2.08. The highest BCUT2D eigenvalue weighted by atomic mass is 16.2. The van der Waals surface area contributed by atoms with Crippen LogP contribution in [0.5, 0.6) is 0 Å². The van der Waals surface area contributed by atoms with E-state index in [1.165, 1.54) is 0 Å². The van der Waals surface area contributed by atoms with E-state index in [1.807, 2.05) is 0 Å². The summed E-state index contributed by atoms with van der Waals surface area (Å²) in [7, 11) is 0. The zero-order valence-electron chi connectivity index (χ0n) is 8.63. The van der Waals surface area contributed by atoms with Crippen LogP contribution in [0.3, 0.4) is 0 Å². The molecule has 1 heterocycles. The highest BCUT2D eigenvalue weighted by Crippen LogP contribution is 2.20. The van der Waals surface area contributed by atoms with Gasteiger partial charge in [0.15, 0.2) is 0 Å². The minimum atomic E-state index is -0.159. The summed E-state index contributed by atoms with van der Waals surface area (Å²) in [6.45, 7) is 8.27. The highest BCUT2D eigenvalue weighted by molar-refractivity contribution is 5.83. The lowest BCUT2D eigenvalue weighted by Crippen LogP contribution is -2.67. The van der Waals surface area contributed by atoms with Gasteiger partial charge in [-0.1, -0.05) is 6.92 Å². The second-order valence-corrected chi connectivity index (χ2v) is 4.07. The van der Waals surface area contributed by atoms with E-state index in [2.05, 4.69) is 31.0 Å². The molecular weight excluding hydrogens is 166 g/mol. The van der Waals surface area contributed by atoms with E-state index >= 15 is 0 Å². The van der Waals surface area contributed by atoms with Gasteiger partial charge in [0.2, 0.25) is 5.91 Å². The topological polar surface area (TPSA) is 58.4 Å². The third-order valence-electron chi connectivity index (χ3n) is 2.72. The fraction of sp³-hybridized carbons (Fsp3) is 0.889. The molecule has 76 valence electrons. The van der Waals surface area contributed by atoms with E-state index in [1.54, 1.807) is 0 Å². The molecule has 13 heavy (non-hydrogen) atoms. The summed E-state index contributed by atoms with van der Waals surface area (Å²) in [5, 5.41) is 2.88. The first-order valence-corrected chi connectivity index (χ1v) is 4.77. The first kappa shape index (κ1) is 10.5. The summed E-state index contributed by atoms with van der Waals surface area (Å²) >= 11 is 0. The normalized spacial score (nSPS) is 28.6. The van der Waals surface area contributed by atoms with Crippen molar-refractivity contribution in [2.75, 3.05) is 19.6 Å². The van der Waals surface area contributed by atoms with Crippen LogP contribution in [-0.2, 0) is 4.79 Å². The van der Waals surface area contributed by atoms with E-state index < -0.39 is 0 Å². The summed E-state index contributed by atoms with van der Waals surface area (Å²) < 4.78 is 0. The summed E-state index contributed by atoms with van der Waals surface area (Å²) in [4.78, 5) is 13.6. The minimum Gasteiger partial charge on any atom is -0.353 e. The standard InChI is InChI=1S/C9H19N3O/c1-4-12-7(5-10)8(13)11-6-9(12,2)3/h7H,4-6,10H2,1-3H3,(H,11,13). The molecule has 3 N–H and O–H groups in total. The second kappa shape index (κ2) is 3.64. The molecule has 1 aliphatic rings. The number of hydrogen-bond donors (Lipinski definition) is 2. The Balaban J connectivity index is 2.83. The number of piperazine rings is 1. The average molecular weight is 185 g/mol. The Bertz CT molecular complexity index is 203. The Kier molecular flexibility index (Phi) is 2.93. The molecule has 1 atom stereocenters. The van der Waals surface area contributed by atoms with Crippen LogP contribution in [0.2, 0.25) is 0 Å². The molecule has 1 saturated heterocycles. The number of carbonyl (C=O) groups excluding carboxylic acids is 1. The predicted octanol–water partition coefficient (Wildman–Crippen LogP) is -0.456. The van der Waals surface area contributed by atoms with Crippen molar-refractivity contribution in [3.8, 4) is 0 Å². The van der Waals surface area contributed by atoms with Crippen LogP contribution < -0.4 is 11.1 Å². The van der Waals surface area contributed by atoms with Gasteiger partial charge in [-0.3, -0.25) is 9.69 Å². The molecule has 4 nitrogen and oxygen atoms in total. The van der Waals surface area contributed by atoms with Gasteiger partial charge in [0.1, 0.15) is 6.04 Å². The molecule has 0 aliphatic carbocycles. The van der Waals surface area contributed by atoms with E-state index in [9.17, 15) is 4.79 Å². The molecule has 0 aromatic carbocycles. The largest absolute Gasteiger partial charge is 0.353 e. The lowest BCUT2D eigenvalue weighted by Gasteiger charge is -2.46. The zero-order chi connectivity index (χ0) is 10.1. The fourth-order valence-electron chi connectivity index (χ4n) is 1.97. The molecule has 1 fully saturated rings. The van der Waals surface area contributed by atoms with Crippen molar-refractivity contribution in [3.63, 3.8) is 0 Å². The van der Waals surface area contributed by atoms with E-state index in [0.717, 1.165) is 6.54 Å². The maximum absolute atomic E-state index is 11.4. The Hall–Kier alpha value is -0.610. The fourth-order valence-corrected chi connectivity index (χ4v) is 1.97. The molecule has 0 bridgehead atoms. The Morgan fingerprint density at radius 2 is 2.31 bits per heavy atom. The van der Waals surface area contributed by atoms with Gasteiger partial charge >= 0.3 is 0 Å². The number of amides is 1. The van der Waals surface area contributed by atoms with Crippen molar-refractivity contribution in [3.05, 3.63) is 0 Å². The third kappa shape index (κ3) is 1.84. The maximum atomic E-state index is 11.4. The molecule has 1 rings (SSSR count). The Morgan fingerprint density at radius 3 is 2.69 bits per heavy atom. The predicted molar refractivity (Wildman–Crippen MR) is 52.3 cm³/mol. The van der Waals surface area contributed by atoms with Gasteiger partial charge in [0, 0.05) is 18.6 Å². The van der Waals surface area contributed by atoms with Crippen molar-refractivity contribution in [2.24, 2.45) is 5.73 Å². The number of likely N-dealkylation sites (N-methyl/N-ethyl adjacent to an activating group) is 1. The van der Waals surface area contributed by atoms with Gasteiger partial charge < -0.3 is 11.1 Å². The number of nitrogens with one attached hydrogen (secondary N) is 1. The molecule has 0 radical (unpaired) electrons. The van der Waals surface area contributed by atoms with Gasteiger partial charge in [-0.05, 0) is 20.4 Å². The first-order valence-electron chi connectivity index (χ1n) is 4.77. The molecule has 1 amide bonds. The summed E-state index contributed by atoms with van der Waals surface area (Å²) in [5.41, 5.74) is 5.60. The van der Waals surface area contributed by atoms with Gasteiger partial charge in [-0.15, -0.1) is 0 Å². The molecule has 1 unspecified atom stereocenters. The zero-order valence-corrected chi connectivity index (χ0v) is 8.63. The molecule has 0 aromatic rings. The lowest BCUT2D eigenvalue weighted by atomic mass is 9.96. The van der Waals surface area contributed by atoms with E-state index in [0.29, 0.717) is 13.1 Å². The highest BCUT2D eigenvalue weighted by Gasteiger charge is 2.39. The van der Waals surface area contributed by atoms with Crippen LogP contribution in [0, 0.1) is 0 Å². The summed E-state index contributed by atoms with van der Waals surface area (Å²) in [6.07, 6.45) is 0. The van der Waals surface area contributed by atoms with Gasteiger partial charge in [0.25, 0.3) is 0 Å². The second-order valence-electron chi connectivity index (χ2n) is 4.07. The first-order chi connectivity index (χ1) is 6.03. The van der Waals surface area contributed by atoms with Crippen LogP contribution in [0.1, 0.15) is 20.8 Å².